The molecule has 0 unspecified atom stereocenters. The molecule has 0 N–H and O–H groups in total. The van der Waals surface area contributed by atoms with E-state index in [0.29, 0.717) is 19.6 Å². The molecule has 0 radical (unpaired) electrons. The molecule has 2 aromatic rings. The highest BCUT2D eigenvalue weighted by atomic mass is 16.5. The second-order valence-corrected chi connectivity index (χ2v) is 7.33. The van der Waals surface area contributed by atoms with Crippen molar-refractivity contribution >= 4 is 23.2 Å². The van der Waals surface area contributed by atoms with Crippen molar-refractivity contribution in [3.05, 3.63) is 54.6 Å². The van der Waals surface area contributed by atoms with Gasteiger partial charge in [0, 0.05) is 51.3 Å². The normalized spacial score (nSPS) is 13.4. The van der Waals surface area contributed by atoms with Gasteiger partial charge in [-0.25, -0.2) is 0 Å². The van der Waals surface area contributed by atoms with Gasteiger partial charge in [0.2, 0.25) is 11.8 Å². The number of rotatable bonds is 8. The monoisotopic (exact) mass is 420 g/mol. The van der Waals surface area contributed by atoms with Crippen molar-refractivity contribution in [1.82, 2.24) is 4.90 Å². The first-order chi connectivity index (χ1) is 15.1. The van der Waals surface area contributed by atoms with Crippen LogP contribution in [0, 0.1) is 11.3 Å². The summed E-state index contributed by atoms with van der Waals surface area (Å²) in [6.07, 6.45) is 0.550. The maximum atomic E-state index is 12.8. The molecule has 0 spiro atoms. The molecule has 0 bridgehead atoms. The van der Waals surface area contributed by atoms with Crippen molar-refractivity contribution in [3.8, 4) is 11.8 Å². The molecule has 31 heavy (non-hydrogen) atoms. The van der Waals surface area contributed by atoms with E-state index in [0.717, 1.165) is 30.2 Å². The summed E-state index contributed by atoms with van der Waals surface area (Å²) in [7, 11) is 1.66. The van der Waals surface area contributed by atoms with E-state index in [-0.39, 0.29) is 31.1 Å². The third kappa shape index (κ3) is 5.76. The number of amides is 2. The Morgan fingerprint density at radius 2 is 1.68 bits per heavy atom. The largest absolute Gasteiger partial charge is 0.495 e. The number of para-hydroxylation sites is 3. The Hall–Kier alpha value is -3.53. The molecule has 0 saturated carbocycles. The Labute approximate surface area is 183 Å². The molecule has 3 rings (SSSR count). The Morgan fingerprint density at radius 1 is 1.00 bits per heavy atom. The van der Waals surface area contributed by atoms with Crippen LogP contribution in [0.3, 0.4) is 0 Å². The Morgan fingerprint density at radius 3 is 2.35 bits per heavy atom. The van der Waals surface area contributed by atoms with Crippen LogP contribution in [-0.4, -0.2) is 56.5 Å². The van der Waals surface area contributed by atoms with Crippen LogP contribution in [0.2, 0.25) is 0 Å². The van der Waals surface area contributed by atoms with Crippen LogP contribution in [-0.2, 0) is 9.59 Å². The molecule has 2 amide bonds. The van der Waals surface area contributed by atoms with Crippen LogP contribution in [0.25, 0.3) is 0 Å². The topological polar surface area (TPSA) is 76.9 Å². The van der Waals surface area contributed by atoms with Gasteiger partial charge < -0.3 is 19.4 Å². The maximum Gasteiger partial charge on any atom is 0.227 e. The highest BCUT2D eigenvalue weighted by molar-refractivity contribution is 5.95. The number of nitriles is 1. The predicted octanol–water partition coefficient (Wildman–Crippen LogP) is 3.07. The number of carbonyl (C=O) groups is 2. The summed E-state index contributed by atoms with van der Waals surface area (Å²) < 4.78 is 5.44. The molecule has 1 heterocycles. The molecular formula is C24H28N4O3. The summed E-state index contributed by atoms with van der Waals surface area (Å²) in [6, 6.07) is 19.2. The number of anilines is 2. The fourth-order valence-electron chi connectivity index (χ4n) is 3.76. The first-order valence-corrected chi connectivity index (χ1v) is 10.5. The van der Waals surface area contributed by atoms with E-state index in [9.17, 15) is 9.59 Å². The lowest BCUT2D eigenvalue weighted by Crippen LogP contribution is -2.49. The van der Waals surface area contributed by atoms with Crippen molar-refractivity contribution in [2.45, 2.75) is 19.3 Å². The van der Waals surface area contributed by atoms with Crippen LogP contribution in [0.1, 0.15) is 19.3 Å². The van der Waals surface area contributed by atoms with E-state index < -0.39 is 0 Å². The number of ether oxygens (including phenoxy) is 1. The second kappa shape index (κ2) is 11.0. The lowest BCUT2D eigenvalue weighted by molar-refractivity contribution is -0.133. The Balaban J connectivity index is 1.52. The average Bonchev–Trinajstić information content (AvgIpc) is 2.83. The minimum Gasteiger partial charge on any atom is -0.495 e. The predicted molar refractivity (Wildman–Crippen MR) is 120 cm³/mol. The number of hydrogen-bond acceptors (Lipinski definition) is 5. The quantitative estimate of drug-likeness (QED) is 0.656. The van der Waals surface area contributed by atoms with Gasteiger partial charge in [-0.1, -0.05) is 30.3 Å². The zero-order valence-electron chi connectivity index (χ0n) is 17.9. The van der Waals surface area contributed by atoms with Crippen LogP contribution < -0.4 is 14.5 Å². The minimum atomic E-state index is -0.137. The van der Waals surface area contributed by atoms with E-state index in [4.69, 9.17) is 10.00 Å². The summed E-state index contributed by atoms with van der Waals surface area (Å²) in [5, 5.41) is 8.91. The number of nitrogens with zero attached hydrogens (tertiary/aromatic N) is 4. The molecule has 1 aliphatic heterocycles. The van der Waals surface area contributed by atoms with Gasteiger partial charge in [0.25, 0.3) is 0 Å². The molecule has 7 nitrogen and oxygen atoms in total. The molecule has 0 aromatic heterocycles. The van der Waals surface area contributed by atoms with E-state index in [1.54, 1.807) is 12.0 Å². The van der Waals surface area contributed by atoms with Crippen molar-refractivity contribution in [2.24, 2.45) is 0 Å². The van der Waals surface area contributed by atoms with Gasteiger partial charge in [-0.2, -0.15) is 5.26 Å². The molecule has 0 atom stereocenters. The van der Waals surface area contributed by atoms with Crippen LogP contribution in [0.15, 0.2) is 54.6 Å². The molecular weight excluding hydrogens is 392 g/mol. The highest BCUT2D eigenvalue weighted by Gasteiger charge is 2.24. The fourth-order valence-corrected chi connectivity index (χ4v) is 3.76. The smallest absolute Gasteiger partial charge is 0.227 e. The van der Waals surface area contributed by atoms with E-state index >= 15 is 0 Å². The third-order valence-electron chi connectivity index (χ3n) is 5.43. The molecule has 0 aliphatic carbocycles. The number of methoxy groups -OCH3 is 1. The fraction of sp³-hybridized carbons (Fsp3) is 0.375. The number of carbonyl (C=O) groups excluding carboxylic acids is 2. The summed E-state index contributed by atoms with van der Waals surface area (Å²) >= 11 is 0. The lowest BCUT2D eigenvalue weighted by atomic mass is 10.2. The van der Waals surface area contributed by atoms with Crippen molar-refractivity contribution < 1.29 is 14.3 Å². The summed E-state index contributed by atoms with van der Waals surface area (Å²) in [5.41, 5.74) is 1.78. The van der Waals surface area contributed by atoms with E-state index in [1.807, 2.05) is 59.5 Å². The van der Waals surface area contributed by atoms with Crippen molar-refractivity contribution in [2.75, 3.05) is 49.6 Å². The Kier molecular flexibility index (Phi) is 7.88. The molecule has 7 heteroatoms. The van der Waals surface area contributed by atoms with Gasteiger partial charge in [0.1, 0.15) is 5.75 Å². The van der Waals surface area contributed by atoms with Crippen LogP contribution in [0.5, 0.6) is 5.75 Å². The zero-order valence-corrected chi connectivity index (χ0v) is 17.9. The summed E-state index contributed by atoms with van der Waals surface area (Å²) in [6.45, 7) is 2.99. The van der Waals surface area contributed by atoms with Gasteiger partial charge >= 0.3 is 0 Å². The minimum absolute atomic E-state index is 0.0127. The van der Waals surface area contributed by atoms with Gasteiger partial charge in [0.15, 0.2) is 0 Å². The highest BCUT2D eigenvalue weighted by Crippen LogP contribution is 2.28. The van der Waals surface area contributed by atoms with Crippen molar-refractivity contribution in [1.29, 1.82) is 5.26 Å². The molecule has 1 saturated heterocycles. The van der Waals surface area contributed by atoms with Gasteiger partial charge in [0.05, 0.1) is 25.3 Å². The first kappa shape index (κ1) is 22.2. The third-order valence-corrected chi connectivity index (χ3v) is 5.43. The Bertz CT molecular complexity index is 918. The van der Waals surface area contributed by atoms with Crippen LogP contribution >= 0.6 is 0 Å². The SMILES string of the molecule is COc1ccccc1N1CCN(C(=O)CCC(=O)N(CCC#N)c2ccccc2)CC1. The van der Waals surface area contributed by atoms with Crippen LogP contribution in [0.4, 0.5) is 11.4 Å². The second-order valence-electron chi connectivity index (χ2n) is 7.33. The van der Waals surface area contributed by atoms with Gasteiger partial charge in [-0.15, -0.1) is 0 Å². The number of piperazine rings is 1. The maximum absolute atomic E-state index is 12.8. The standard InChI is InChI=1S/C24H28N4O3/c1-31-22-11-6-5-10-21(22)26-16-18-27(19-17-26)23(29)12-13-24(30)28(15-7-14-25)20-8-3-2-4-9-20/h2-6,8-11H,7,12-13,15-19H2,1H3. The van der Waals surface area contributed by atoms with E-state index in [1.165, 1.54) is 0 Å². The number of hydrogen-bond donors (Lipinski definition) is 0. The molecule has 1 fully saturated rings. The lowest BCUT2D eigenvalue weighted by Gasteiger charge is -2.36. The summed E-state index contributed by atoms with van der Waals surface area (Å²) in [5.74, 6) is 0.676. The average molecular weight is 421 g/mol. The van der Waals surface area contributed by atoms with Crippen molar-refractivity contribution in [3.63, 3.8) is 0 Å². The number of benzene rings is 2. The molecule has 162 valence electrons. The zero-order chi connectivity index (χ0) is 22.1. The van der Waals surface area contributed by atoms with Gasteiger partial charge in [-0.3, -0.25) is 9.59 Å². The summed E-state index contributed by atoms with van der Waals surface area (Å²) in [4.78, 5) is 31.1. The van der Waals surface area contributed by atoms with Gasteiger partial charge in [-0.05, 0) is 24.3 Å². The molecule has 1 aliphatic rings. The van der Waals surface area contributed by atoms with E-state index in [2.05, 4.69) is 11.0 Å². The first-order valence-electron chi connectivity index (χ1n) is 10.5. The molecule has 2 aromatic carbocycles.